The fourth-order valence-corrected chi connectivity index (χ4v) is 3.36. The molecular formula is C17H26N4. The topological polar surface area (TPSA) is 61.6 Å². The predicted octanol–water partition coefficient (Wildman–Crippen LogP) is 3.71. The quantitative estimate of drug-likeness (QED) is 0.916. The van der Waals surface area contributed by atoms with Crippen molar-refractivity contribution in [3.63, 3.8) is 0 Å². The molecule has 0 spiro atoms. The van der Waals surface area contributed by atoms with Crippen molar-refractivity contribution in [2.24, 2.45) is 11.8 Å². The molecule has 1 aromatic rings. The van der Waals surface area contributed by atoms with Crippen LogP contribution in [-0.4, -0.2) is 16.2 Å². The molecule has 1 aliphatic rings. The van der Waals surface area contributed by atoms with Gasteiger partial charge in [0.1, 0.15) is 11.6 Å². The number of nitriles is 1. The molecule has 1 N–H and O–H groups in total. The van der Waals surface area contributed by atoms with Crippen molar-refractivity contribution in [2.75, 3.05) is 5.32 Å². The molecule has 0 saturated heterocycles. The van der Waals surface area contributed by atoms with Gasteiger partial charge < -0.3 is 5.32 Å². The zero-order valence-corrected chi connectivity index (χ0v) is 13.6. The molecule has 21 heavy (non-hydrogen) atoms. The Hall–Kier alpha value is -1.63. The van der Waals surface area contributed by atoms with Crippen LogP contribution in [0.15, 0.2) is 0 Å². The third-order valence-corrected chi connectivity index (χ3v) is 4.99. The summed E-state index contributed by atoms with van der Waals surface area (Å²) >= 11 is 0. The van der Waals surface area contributed by atoms with Crippen LogP contribution >= 0.6 is 0 Å². The van der Waals surface area contributed by atoms with Gasteiger partial charge >= 0.3 is 0 Å². The summed E-state index contributed by atoms with van der Waals surface area (Å²) in [5.74, 6) is 2.00. The summed E-state index contributed by atoms with van der Waals surface area (Å²) in [6.07, 6.45) is 5.33. The fourth-order valence-electron chi connectivity index (χ4n) is 3.36. The minimum absolute atomic E-state index is 0.396. The first-order valence-electron chi connectivity index (χ1n) is 8.17. The number of rotatable bonds is 4. The molecule has 3 atom stereocenters. The maximum Gasteiger partial charge on any atom is 0.167 e. The Morgan fingerprint density at radius 3 is 2.57 bits per heavy atom. The molecule has 1 saturated carbocycles. The molecule has 1 fully saturated rings. The molecule has 1 heterocycles. The lowest BCUT2D eigenvalue weighted by atomic mass is 9.78. The highest BCUT2D eigenvalue weighted by atomic mass is 15.2. The molecule has 0 aliphatic heterocycles. The van der Waals surface area contributed by atoms with E-state index in [4.69, 9.17) is 0 Å². The van der Waals surface area contributed by atoms with Crippen molar-refractivity contribution in [1.82, 2.24) is 10.2 Å². The van der Waals surface area contributed by atoms with E-state index in [1.54, 1.807) is 0 Å². The van der Waals surface area contributed by atoms with E-state index in [1.807, 2.05) is 0 Å². The summed E-state index contributed by atoms with van der Waals surface area (Å²) < 4.78 is 0. The van der Waals surface area contributed by atoms with Gasteiger partial charge in [-0.3, -0.25) is 0 Å². The zero-order valence-electron chi connectivity index (χ0n) is 13.6. The minimum Gasteiger partial charge on any atom is -0.364 e. The lowest BCUT2D eigenvalue weighted by molar-refractivity contribution is 0.252. The third kappa shape index (κ3) is 3.18. The summed E-state index contributed by atoms with van der Waals surface area (Å²) in [5, 5.41) is 21.7. The second kappa shape index (κ2) is 6.89. The zero-order chi connectivity index (χ0) is 15.4. The van der Waals surface area contributed by atoms with E-state index in [2.05, 4.69) is 49.3 Å². The lowest BCUT2D eigenvalue weighted by Gasteiger charge is -2.35. The van der Waals surface area contributed by atoms with E-state index in [1.165, 1.54) is 12.8 Å². The van der Waals surface area contributed by atoms with E-state index in [0.717, 1.165) is 36.4 Å². The van der Waals surface area contributed by atoms with Crippen LogP contribution in [0, 0.1) is 23.2 Å². The predicted molar refractivity (Wildman–Crippen MR) is 85.1 cm³/mol. The van der Waals surface area contributed by atoms with E-state index in [0.29, 0.717) is 23.3 Å². The Labute approximate surface area is 128 Å². The van der Waals surface area contributed by atoms with Crippen molar-refractivity contribution in [1.29, 1.82) is 5.26 Å². The van der Waals surface area contributed by atoms with Gasteiger partial charge in [0.25, 0.3) is 0 Å². The van der Waals surface area contributed by atoms with Crippen LogP contribution in [0.4, 0.5) is 5.82 Å². The highest BCUT2D eigenvalue weighted by Gasteiger charge is 2.28. The molecule has 114 valence electrons. The molecule has 0 amide bonds. The lowest BCUT2D eigenvalue weighted by Crippen LogP contribution is -2.35. The van der Waals surface area contributed by atoms with Gasteiger partial charge in [0.2, 0.25) is 0 Å². The van der Waals surface area contributed by atoms with Gasteiger partial charge in [-0.25, -0.2) is 0 Å². The van der Waals surface area contributed by atoms with Crippen LogP contribution < -0.4 is 5.32 Å². The molecule has 2 rings (SSSR count). The highest BCUT2D eigenvalue weighted by molar-refractivity contribution is 5.57. The molecule has 1 aromatic heterocycles. The van der Waals surface area contributed by atoms with Crippen molar-refractivity contribution in [2.45, 2.75) is 65.8 Å². The summed E-state index contributed by atoms with van der Waals surface area (Å²) in [6, 6.07) is 2.74. The number of anilines is 1. The summed E-state index contributed by atoms with van der Waals surface area (Å²) in [7, 11) is 0. The van der Waals surface area contributed by atoms with E-state index >= 15 is 0 Å². The van der Waals surface area contributed by atoms with Gasteiger partial charge in [0.05, 0.1) is 5.69 Å². The van der Waals surface area contributed by atoms with Crippen molar-refractivity contribution in [3.05, 3.63) is 16.8 Å². The van der Waals surface area contributed by atoms with Crippen LogP contribution in [0.3, 0.4) is 0 Å². The van der Waals surface area contributed by atoms with E-state index in [9.17, 15) is 5.26 Å². The van der Waals surface area contributed by atoms with Gasteiger partial charge in [-0.15, -0.1) is 5.10 Å². The van der Waals surface area contributed by atoms with Gasteiger partial charge in [-0.1, -0.05) is 40.5 Å². The van der Waals surface area contributed by atoms with Gasteiger partial charge in [0.15, 0.2) is 5.82 Å². The molecule has 4 heteroatoms. The molecule has 1 aliphatic carbocycles. The van der Waals surface area contributed by atoms with Crippen molar-refractivity contribution < 1.29 is 0 Å². The Bertz CT molecular complexity index is 532. The Morgan fingerprint density at radius 2 is 1.95 bits per heavy atom. The summed E-state index contributed by atoms with van der Waals surface area (Å²) in [6.45, 7) is 8.74. The van der Waals surface area contributed by atoms with E-state index < -0.39 is 0 Å². The first-order valence-corrected chi connectivity index (χ1v) is 8.17. The van der Waals surface area contributed by atoms with Crippen LogP contribution in [0.1, 0.15) is 63.8 Å². The summed E-state index contributed by atoms with van der Waals surface area (Å²) in [5.41, 5.74) is 2.69. The maximum atomic E-state index is 9.54. The van der Waals surface area contributed by atoms with Gasteiger partial charge in [-0.2, -0.15) is 10.4 Å². The maximum absolute atomic E-state index is 9.54. The summed E-state index contributed by atoms with van der Waals surface area (Å²) in [4.78, 5) is 0. The number of hydrogen-bond donors (Lipinski definition) is 1. The smallest absolute Gasteiger partial charge is 0.167 e. The number of aromatic nitrogens is 2. The second-order valence-corrected chi connectivity index (χ2v) is 6.19. The Kier molecular flexibility index (Phi) is 5.17. The number of nitrogens with zero attached hydrogens (tertiary/aromatic N) is 3. The molecule has 0 bridgehead atoms. The minimum atomic E-state index is 0.396. The largest absolute Gasteiger partial charge is 0.364 e. The van der Waals surface area contributed by atoms with Gasteiger partial charge in [-0.05, 0) is 36.7 Å². The SMILES string of the molecule is CCc1nnc(NC2CCCC(C)C2C)c(C#N)c1CC. The number of aryl methyl sites for hydroxylation is 1. The molecule has 0 radical (unpaired) electrons. The monoisotopic (exact) mass is 286 g/mol. The van der Waals surface area contributed by atoms with Crippen LogP contribution in [0.5, 0.6) is 0 Å². The standard InChI is InChI=1S/C17H26N4/c1-5-13-14(10-18)17(21-20-15(13)6-2)19-16-9-7-8-11(3)12(16)4/h11-12,16H,5-9H2,1-4H3,(H,19,21). The number of nitrogens with one attached hydrogen (secondary N) is 1. The highest BCUT2D eigenvalue weighted by Crippen LogP contribution is 2.32. The van der Waals surface area contributed by atoms with E-state index in [-0.39, 0.29) is 0 Å². The van der Waals surface area contributed by atoms with Crippen molar-refractivity contribution >= 4 is 5.82 Å². The Morgan fingerprint density at radius 1 is 1.19 bits per heavy atom. The molecular weight excluding hydrogens is 260 g/mol. The number of hydrogen-bond acceptors (Lipinski definition) is 4. The van der Waals surface area contributed by atoms with Crippen LogP contribution in [0.25, 0.3) is 0 Å². The first kappa shape index (κ1) is 15.8. The third-order valence-electron chi connectivity index (χ3n) is 4.99. The van der Waals surface area contributed by atoms with Crippen LogP contribution in [0.2, 0.25) is 0 Å². The first-order chi connectivity index (χ1) is 10.1. The molecule has 3 unspecified atom stereocenters. The average molecular weight is 286 g/mol. The van der Waals surface area contributed by atoms with Gasteiger partial charge in [0, 0.05) is 6.04 Å². The Balaban J connectivity index is 2.30. The molecule has 0 aromatic carbocycles. The fraction of sp³-hybridized carbons (Fsp3) is 0.706. The second-order valence-electron chi connectivity index (χ2n) is 6.19. The van der Waals surface area contributed by atoms with Crippen molar-refractivity contribution in [3.8, 4) is 6.07 Å². The molecule has 4 nitrogen and oxygen atoms in total. The van der Waals surface area contributed by atoms with Crippen LogP contribution in [-0.2, 0) is 12.8 Å². The average Bonchev–Trinajstić information content (AvgIpc) is 2.51. The normalized spacial score (nSPS) is 25.4.